The zero-order valence-electron chi connectivity index (χ0n) is 11.1. The van der Waals surface area contributed by atoms with E-state index >= 15 is 0 Å². The SMILES string of the molecule is Cc1cc(C#N)ccc1COc1cccc(B(O)O)c1. The second-order valence-corrected chi connectivity index (χ2v) is 4.49. The number of ether oxygens (including phenoxy) is 1. The predicted molar refractivity (Wildman–Crippen MR) is 76.5 cm³/mol. The van der Waals surface area contributed by atoms with E-state index in [1.54, 1.807) is 30.3 Å². The largest absolute Gasteiger partial charge is 0.489 e. The molecule has 2 rings (SSSR count). The lowest BCUT2D eigenvalue weighted by Crippen LogP contribution is -2.29. The van der Waals surface area contributed by atoms with Crippen LogP contribution in [-0.2, 0) is 6.61 Å². The molecule has 0 heterocycles. The normalized spacial score (nSPS) is 9.90. The summed E-state index contributed by atoms with van der Waals surface area (Å²) in [4.78, 5) is 0. The zero-order valence-corrected chi connectivity index (χ0v) is 11.1. The van der Waals surface area contributed by atoms with E-state index < -0.39 is 7.12 Å². The Morgan fingerprint density at radius 1 is 1.20 bits per heavy atom. The molecule has 0 saturated carbocycles. The molecule has 0 aromatic heterocycles. The molecule has 0 spiro atoms. The topological polar surface area (TPSA) is 73.5 Å². The van der Waals surface area contributed by atoms with Gasteiger partial charge in [-0.05, 0) is 47.8 Å². The number of benzene rings is 2. The van der Waals surface area contributed by atoms with Gasteiger partial charge in [-0.3, -0.25) is 0 Å². The molecule has 0 bridgehead atoms. The van der Waals surface area contributed by atoms with E-state index in [0.29, 0.717) is 23.4 Å². The first-order valence-electron chi connectivity index (χ1n) is 6.18. The Hall–Kier alpha value is -2.29. The third-order valence-corrected chi connectivity index (χ3v) is 3.02. The highest BCUT2D eigenvalue weighted by molar-refractivity contribution is 6.58. The smallest absolute Gasteiger partial charge is 0.488 e. The van der Waals surface area contributed by atoms with Crippen LogP contribution in [0.25, 0.3) is 0 Å². The first-order chi connectivity index (χ1) is 9.60. The summed E-state index contributed by atoms with van der Waals surface area (Å²) in [6, 6.07) is 14.2. The molecule has 5 heteroatoms. The highest BCUT2D eigenvalue weighted by Gasteiger charge is 2.11. The maximum absolute atomic E-state index is 9.10. The average Bonchev–Trinajstić information content (AvgIpc) is 2.46. The fourth-order valence-corrected chi connectivity index (χ4v) is 1.85. The molecule has 0 aliphatic rings. The second-order valence-electron chi connectivity index (χ2n) is 4.49. The first kappa shape index (κ1) is 14.1. The van der Waals surface area contributed by atoms with Crippen LogP contribution in [0.5, 0.6) is 5.75 Å². The molecule has 0 aliphatic carbocycles. The molecule has 20 heavy (non-hydrogen) atoms. The summed E-state index contributed by atoms with van der Waals surface area (Å²) in [5.74, 6) is 0.569. The summed E-state index contributed by atoms with van der Waals surface area (Å²) in [6.07, 6.45) is 0. The molecule has 100 valence electrons. The lowest BCUT2D eigenvalue weighted by atomic mass is 9.80. The van der Waals surface area contributed by atoms with Gasteiger partial charge in [-0.1, -0.05) is 18.2 Å². The lowest BCUT2D eigenvalue weighted by molar-refractivity contribution is 0.305. The molecule has 2 N–H and O–H groups in total. The Kier molecular flexibility index (Phi) is 4.41. The van der Waals surface area contributed by atoms with Gasteiger partial charge in [-0.25, -0.2) is 0 Å². The van der Waals surface area contributed by atoms with E-state index in [2.05, 4.69) is 6.07 Å². The number of hydrogen-bond acceptors (Lipinski definition) is 4. The van der Waals surface area contributed by atoms with Gasteiger partial charge in [-0.2, -0.15) is 5.26 Å². The minimum absolute atomic E-state index is 0.364. The van der Waals surface area contributed by atoms with Crippen LogP contribution in [-0.4, -0.2) is 17.2 Å². The first-order valence-corrected chi connectivity index (χ1v) is 6.18. The van der Waals surface area contributed by atoms with Gasteiger partial charge >= 0.3 is 7.12 Å². The number of nitriles is 1. The number of rotatable bonds is 4. The highest BCUT2D eigenvalue weighted by atomic mass is 16.5. The minimum atomic E-state index is -1.50. The van der Waals surface area contributed by atoms with Crippen molar-refractivity contribution in [1.82, 2.24) is 0 Å². The maximum atomic E-state index is 9.10. The number of hydrogen-bond donors (Lipinski definition) is 2. The van der Waals surface area contributed by atoms with Crippen molar-refractivity contribution in [2.75, 3.05) is 0 Å². The van der Waals surface area contributed by atoms with Gasteiger partial charge in [0, 0.05) is 0 Å². The third-order valence-electron chi connectivity index (χ3n) is 3.02. The van der Waals surface area contributed by atoms with Crippen molar-refractivity contribution in [2.45, 2.75) is 13.5 Å². The number of nitrogens with zero attached hydrogens (tertiary/aromatic N) is 1. The highest BCUT2D eigenvalue weighted by Crippen LogP contribution is 2.15. The quantitative estimate of drug-likeness (QED) is 0.814. The van der Waals surface area contributed by atoms with Crippen LogP contribution in [0.4, 0.5) is 0 Å². The van der Waals surface area contributed by atoms with E-state index in [0.717, 1.165) is 11.1 Å². The van der Waals surface area contributed by atoms with E-state index in [-0.39, 0.29) is 0 Å². The van der Waals surface area contributed by atoms with E-state index in [4.69, 9.17) is 20.0 Å². The average molecular weight is 267 g/mol. The van der Waals surface area contributed by atoms with Crippen LogP contribution in [0.15, 0.2) is 42.5 Å². The molecule has 0 saturated heterocycles. The van der Waals surface area contributed by atoms with Crippen LogP contribution in [0, 0.1) is 18.3 Å². The maximum Gasteiger partial charge on any atom is 0.488 e. The molecule has 0 fully saturated rings. The van der Waals surface area contributed by atoms with Crippen LogP contribution < -0.4 is 10.2 Å². The van der Waals surface area contributed by atoms with Crippen molar-refractivity contribution >= 4 is 12.6 Å². The van der Waals surface area contributed by atoms with Crippen molar-refractivity contribution in [2.24, 2.45) is 0 Å². The van der Waals surface area contributed by atoms with Gasteiger partial charge in [0.2, 0.25) is 0 Å². The van der Waals surface area contributed by atoms with Crippen molar-refractivity contribution < 1.29 is 14.8 Å². The predicted octanol–water partition coefficient (Wildman–Crippen LogP) is 1.13. The summed E-state index contributed by atoms with van der Waals surface area (Å²) >= 11 is 0. The van der Waals surface area contributed by atoms with Gasteiger partial charge in [0.15, 0.2) is 0 Å². The standard InChI is InChI=1S/C15H14BNO3/c1-11-7-12(9-17)5-6-13(11)10-20-15-4-2-3-14(8-15)16(18)19/h2-8,18-19H,10H2,1H3. The van der Waals surface area contributed by atoms with E-state index in [9.17, 15) is 0 Å². The Bertz CT molecular complexity index is 650. The zero-order chi connectivity index (χ0) is 14.5. The molecule has 2 aromatic carbocycles. The fraction of sp³-hybridized carbons (Fsp3) is 0.133. The molecular weight excluding hydrogens is 253 g/mol. The Balaban J connectivity index is 2.09. The Labute approximate surface area is 118 Å². The van der Waals surface area contributed by atoms with Crippen molar-refractivity contribution in [3.05, 3.63) is 59.2 Å². The third kappa shape index (κ3) is 3.38. The van der Waals surface area contributed by atoms with Crippen LogP contribution in [0.3, 0.4) is 0 Å². The summed E-state index contributed by atoms with van der Waals surface area (Å²) in [6.45, 7) is 2.29. The van der Waals surface area contributed by atoms with Gasteiger partial charge in [-0.15, -0.1) is 0 Å². The Morgan fingerprint density at radius 2 is 2.00 bits per heavy atom. The lowest BCUT2D eigenvalue weighted by Gasteiger charge is -2.10. The Morgan fingerprint density at radius 3 is 2.65 bits per heavy atom. The summed E-state index contributed by atoms with van der Waals surface area (Å²) in [5, 5.41) is 27.0. The molecule has 0 aliphatic heterocycles. The fourth-order valence-electron chi connectivity index (χ4n) is 1.85. The van der Waals surface area contributed by atoms with Crippen LogP contribution in [0.1, 0.15) is 16.7 Å². The summed E-state index contributed by atoms with van der Waals surface area (Å²) in [5.41, 5.74) is 2.98. The van der Waals surface area contributed by atoms with Gasteiger partial charge in [0.05, 0.1) is 11.6 Å². The molecule has 4 nitrogen and oxygen atoms in total. The molecule has 0 radical (unpaired) electrons. The van der Waals surface area contributed by atoms with Crippen molar-refractivity contribution in [1.29, 1.82) is 5.26 Å². The molecular formula is C15H14BNO3. The van der Waals surface area contributed by atoms with E-state index in [1.165, 1.54) is 0 Å². The van der Waals surface area contributed by atoms with Gasteiger partial charge in [0.1, 0.15) is 12.4 Å². The van der Waals surface area contributed by atoms with Crippen molar-refractivity contribution in [3.63, 3.8) is 0 Å². The minimum Gasteiger partial charge on any atom is -0.489 e. The van der Waals surface area contributed by atoms with Gasteiger partial charge < -0.3 is 14.8 Å². The van der Waals surface area contributed by atoms with Gasteiger partial charge in [0.25, 0.3) is 0 Å². The van der Waals surface area contributed by atoms with Crippen LogP contribution >= 0.6 is 0 Å². The monoisotopic (exact) mass is 267 g/mol. The molecule has 0 unspecified atom stereocenters. The second kappa shape index (κ2) is 6.24. The summed E-state index contributed by atoms with van der Waals surface area (Å²) < 4.78 is 5.63. The van der Waals surface area contributed by atoms with Crippen molar-refractivity contribution in [3.8, 4) is 11.8 Å². The summed E-state index contributed by atoms with van der Waals surface area (Å²) in [7, 11) is -1.50. The molecule has 0 amide bonds. The molecule has 2 aromatic rings. The van der Waals surface area contributed by atoms with Crippen LogP contribution in [0.2, 0.25) is 0 Å². The van der Waals surface area contributed by atoms with E-state index in [1.807, 2.05) is 19.1 Å². The number of aryl methyl sites for hydroxylation is 1. The molecule has 0 atom stereocenters.